The second-order valence-corrected chi connectivity index (χ2v) is 7.56. The third-order valence-corrected chi connectivity index (χ3v) is 5.13. The van der Waals surface area contributed by atoms with Gasteiger partial charge in [0.25, 0.3) is 5.91 Å². The minimum Gasteiger partial charge on any atom is -0.455 e. The number of hydrogen-bond donors (Lipinski definition) is 1. The van der Waals surface area contributed by atoms with Crippen LogP contribution < -0.4 is 5.32 Å². The molecule has 0 aliphatic rings. The zero-order valence-electron chi connectivity index (χ0n) is 15.9. The van der Waals surface area contributed by atoms with Crippen molar-refractivity contribution in [2.75, 3.05) is 17.7 Å². The summed E-state index contributed by atoms with van der Waals surface area (Å²) < 4.78 is 5.09. The van der Waals surface area contributed by atoms with Gasteiger partial charge in [-0.15, -0.1) is 11.8 Å². The van der Waals surface area contributed by atoms with E-state index in [9.17, 15) is 9.59 Å². The molecule has 2 aromatic rings. The smallest absolute Gasteiger partial charge is 0.316 e. The van der Waals surface area contributed by atoms with Crippen molar-refractivity contribution >= 4 is 29.3 Å². The normalized spacial score (nSPS) is 10.5. The van der Waals surface area contributed by atoms with Crippen LogP contribution in [0, 0.1) is 34.6 Å². The van der Waals surface area contributed by atoms with Crippen molar-refractivity contribution < 1.29 is 14.3 Å². The number of esters is 1. The fourth-order valence-electron chi connectivity index (χ4n) is 2.84. The fourth-order valence-corrected chi connectivity index (χ4v) is 3.65. The van der Waals surface area contributed by atoms with Crippen LogP contribution in [0.3, 0.4) is 0 Å². The average Bonchev–Trinajstić information content (AvgIpc) is 2.55. The molecular weight excluding hydrogens is 346 g/mol. The quantitative estimate of drug-likeness (QED) is 0.600. The number of amides is 1. The van der Waals surface area contributed by atoms with Gasteiger partial charge in [0.05, 0.1) is 5.75 Å². The molecular formula is C21H25NO3S. The lowest BCUT2D eigenvalue weighted by atomic mass is 10.1. The van der Waals surface area contributed by atoms with Crippen molar-refractivity contribution in [3.8, 4) is 0 Å². The highest BCUT2D eigenvalue weighted by Gasteiger charge is 2.12. The Labute approximate surface area is 159 Å². The predicted molar refractivity (Wildman–Crippen MR) is 107 cm³/mol. The SMILES string of the molecule is Cc1ccc(SCC(=O)OCC(=O)Nc2c(C)cc(C)cc2C)c(C)c1. The Morgan fingerprint density at radius 1 is 0.923 bits per heavy atom. The average molecular weight is 372 g/mol. The molecule has 0 spiro atoms. The molecule has 0 saturated carbocycles. The number of carbonyl (C=O) groups excluding carboxylic acids is 2. The lowest BCUT2D eigenvalue weighted by Gasteiger charge is -2.13. The first kappa shape index (κ1) is 20.0. The van der Waals surface area contributed by atoms with E-state index in [0.717, 1.165) is 32.8 Å². The molecule has 0 aromatic heterocycles. The van der Waals surface area contributed by atoms with Crippen molar-refractivity contribution in [3.63, 3.8) is 0 Å². The van der Waals surface area contributed by atoms with Gasteiger partial charge in [0.2, 0.25) is 0 Å². The van der Waals surface area contributed by atoms with Crippen LogP contribution in [0.4, 0.5) is 5.69 Å². The van der Waals surface area contributed by atoms with E-state index in [1.165, 1.54) is 17.3 Å². The van der Waals surface area contributed by atoms with Gasteiger partial charge in [-0.1, -0.05) is 35.4 Å². The Morgan fingerprint density at radius 2 is 1.54 bits per heavy atom. The van der Waals surface area contributed by atoms with Crippen molar-refractivity contribution in [1.29, 1.82) is 0 Å². The summed E-state index contributed by atoms with van der Waals surface area (Å²) in [7, 11) is 0. The number of anilines is 1. The van der Waals surface area contributed by atoms with Gasteiger partial charge in [-0.05, 0) is 57.4 Å². The van der Waals surface area contributed by atoms with Crippen LogP contribution in [0.5, 0.6) is 0 Å². The molecule has 4 nitrogen and oxygen atoms in total. The highest BCUT2D eigenvalue weighted by atomic mass is 32.2. The summed E-state index contributed by atoms with van der Waals surface area (Å²) in [6.07, 6.45) is 0. The largest absolute Gasteiger partial charge is 0.455 e. The summed E-state index contributed by atoms with van der Waals surface area (Å²) in [5, 5.41) is 2.83. The van der Waals surface area contributed by atoms with Gasteiger partial charge in [0, 0.05) is 10.6 Å². The number of carbonyl (C=O) groups is 2. The molecule has 0 heterocycles. The minimum absolute atomic E-state index is 0.180. The third-order valence-electron chi connectivity index (χ3n) is 3.98. The molecule has 138 valence electrons. The van der Waals surface area contributed by atoms with Gasteiger partial charge >= 0.3 is 5.97 Å². The Kier molecular flexibility index (Phi) is 6.86. The van der Waals surface area contributed by atoms with E-state index < -0.39 is 5.97 Å². The van der Waals surface area contributed by atoms with Crippen LogP contribution in [0.1, 0.15) is 27.8 Å². The number of thioether (sulfide) groups is 1. The van der Waals surface area contributed by atoms with E-state index in [1.54, 1.807) is 0 Å². The molecule has 0 aliphatic carbocycles. The number of hydrogen-bond acceptors (Lipinski definition) is 4. The van der Waals surface area contributed by atoms with E-state index in [-0.39, 0.29) is 18.3 Å². The molecule has 2 aromatic carbocycles. The summed E-state index contributed by atoms with van der Waals surface area (Å²) in [6, 6.07) is 10.1. The van der Waals surface area contributed by atoms with Crippen LogP contribution in [0.2, 0.25) is 0 Å². The molecule has 0 radical (unpaired) electrons. The van der Waals surface area contributed by atoms with Crippen molar-refractivity contribution in [2.45, 2.75) is 39.5 Å². The van der Waals surface area contributed by atoms with Crippen LogP contribution >= 0.6 is 11.8 Å². The topological polar surface area (TPSA) is 55.4 Å². The minimum atomic E-state index is -0.400. The summed E-state index contributed by atoms with van der Waals surface area (Å²) in [6.45, 7) is 9.68. The van der Waals surface area contributed by atoms with Gasteiger partial charge in [-0.3, -0.25) is 9.59 Å². The van der Waals surface area contributed by atoms with Crippen LogP contribution in [0.25, 0.3) is 0 Å². The molecule has 1 N–H and O–H groups in total. The number of ether oxygens (including phenoxy) is 1. The third kappa shape index (κ3) is 5.63. The number of rotatable bonds is 6. The molecule has 0 atom stereocenters. The molecule has 0 bridgehead atoms. The van der Waals surface area contributed by atoms with Gasteiger partial charge in [-0.2, -0.15) is 0 Å². The van der Waals surface area contributed by atoms with E-state index >= 15 is 0 Å². The van der Waals surface area contributed by atoms with Crippen LogP contribution in [-0.2, 0) is 14.3 Å². The maximum atomic E-state index is 12.1. The van der Waals surface area contributed by atoms with Crippen LogP contribution in [-0.4, -0.2) is 24.2 Å². The summed E-state index contributed by atoms with van der Waals surface area (Å²) in [4.78, 5) is 25.0. The van der Waals surface area contributed by atoms with Gasteiger partial charge < -0.3 is 10.1 Å². The Hall–Kier alpha value is -2.27. The highest BCUT2D eigenvalue weighted by molar-refractivity contribution is 8.00. The second kappa shape index (κ2) is 8.90. The summed E-state index contributed by atoms with van der Waals surface area (Å²) >= 11 is 1.42. The van der Waals surface area contributed by atoms with E-state index in [2.05, 4.69) is 11.4 Å². The number of nitrogens with one attached hydrogen (secondary N) is 1. The molecule has 0 fully saturated rings. The molecule has 1 amide bonds. The predicted octanol–water partition coefficient (Wildman–Crippen LogP) is 4.50. The van der Waals surface area contributed by atoms with Gasteiger partial charge in [0.15, 0.2) is 6.61 Å². The summed E-state index contributed by atoms with van der Waals surface area (Å²) in [5.74, 6) is -0.549. The first-order valence-corrected chi connectivity index (χ1v) is 9.48. The maximum absolute atomic E-state index is 12.1. The van der Waals surface area contributed by atoms with Crippen molar-refractivity contribution in [1.82, 2.24) is 0 Å². The lowest BCUT2D eigenvalue weighted by Crippen LogP contribution is -2.22. The Bertz CT molecular complexity index is 807. The van der Waals surface area contributed by atoms with E-state index in [4.69, 9.17) is 4.74 Å². The first-order valence-electron chi connectivity index (χ1n) is 8.49. The molecule has 5 heteroatoms. The Morgan fingerprint density at radius 3 is 2.15 bits per heavy atom. The fraction of sp³-hybridized carbons (Fsp3) is 0.333. The standard InChI is InChI=1S/C21H25NO3S/c1-13-6-7-18(15(3)8-13)26-12-20(24)25-11-19(23)22-21-16(4)9-14(2)10-17(21)5/h6-10H,11-12H2,1-5H3,(H,22,23). The molecule has 26 heavy (non-hydrogen) atoms. The zero-order valence-corrected chi connectivity index (χ0v) is 16.8. The van der Waals surface area contributed by atoms with E-state index in [0.29, 0.717) is 0 Å². The zero-order chi connectivity index (χ0) is 19.3. The molecule has 0 unspecified atom stereocenters. The van der Waals surface area contributed by atoms with Crippen molar-refractivity contribution in [2.24, 2.45) is 0 Å². The second-order valence-electron chi connectivity index (χ2n) is 6.54. The van der Waals surface area contributed by atoms with Crippen molar-refractivity contribution in [3.05, 3.63) is 58.1 Å². The molecule has 2 rings (SSSR count). The van der Waals surface area contributed by atoms with Gasteiger partial charge in [-0.25, -0.2) is 0 Å². The molecule has 0 aliphatic heterocycles. The Balaban J connectivity index is 1.83. The first-order chi connectivity index (χ1) is 12.3. The number of aryl methyl sites for hydroxylation is 5. The van der Waals surface area contributed by atoms with E-state index in [1.807, 2.05) is 58.9 Å². The monoisotopic (exact) mass is 371 g/mol. The summed E-state index contributed by atoms with van der Waals surface area (Å²) in [5.41, 5.74) is 6.23. The van der Waals surface area contributed by atoms with Crippen LogP contribution in [0.15, 0.2) is 35.2 Å². The maximum Gasteiger partial charge on any atom is 0.316 e. The van der Waals surface area contributed by atoms with Gasteiger partial charge in [0.1, 0.15) is 0 Å². The lowest BCUT2D eigenvalue weighted by molar-refractivity contribution is -0.144. The highest BCUT2D eigenvalue weighted by Crippen LogP contribution is 2.23. The number of benzene rings is 2. The molecule has 0 saturated heterocycles.